The van der Waals surface area contributed by atoms with E-state index in [4.69, 9.17) is 9.47 Å². The first kappa shape index (κ1) is 19.2. The zero-order valence-corrected chi connectivity index (χ0v) is 16.0. The van der Waals surface area contributed by atoms with Gasteiger partial charge >= 0.3 is 0 Å². The fourth-order valence-electron chi connectivity index (χ4n) is 4.01. The third kappa shape index (κ3) is 5.45. The van der Waals surface area contributed by atoms with Crippen molar-refractivity contribution in [2.45, 2.75) is 44.6 Å². The van der Waals surface area contributed by atoms with Crippen molar-refractivity contribution in [2.75, 3.05) is 46.5 Å². The molecule has 1 aromatic carbocycles. The van der Waals surface area contributed by atoms with E-state index in [0.29, 0.717) is 18.4 Å². The number of ether oxygens (including phenoxy) is 2. The van der Waals surface area contributed by atoms with Gasteiger partial charge in [-0.2, -0.15) is 0 Å². The highest BCUT2D eigenvalue weighted by Gasteiger charge is 2.26. The lowest BCUT2D eigenvalue weighted by Crippen LogP contribution is -2.46. The van der Waals surface area contributed by atoms with Crippen molar-refractivity contribution in [3.63, 3.8) is 0 Å². The average Bonchev–Trinajstić information content (AvgIpc) is 2.71. The SMILES string of the molecule is COc1cccc(CCC(=O)N2CCCCC2CCN2CCOCC2)c1. The van der Waals surface area contributed by atoms with Gasteiger partial charge in [-0.05, 0) is 49.8 Å². The molecule has 3 rings (SSSR count). The van der Waals surface area contributed by atoms with Crippen molar-refractivity contribution in [1.29, 1.82) is 0 Å². The minimum atomic E-state index is 0.305. The molecule has 1 aromatic rings. The summed E-state index contributed by atoms with van der Waals surface area (Å²) in [5.74, 6) is 1.16. The van der Waals surface area contributed by atoms with E-state index < -0.39 is 0 Å². The topological polar surface area (TPSA) is 42.0 Å². The van der Waals surface area contributed by atoms with Gasteiger partial charge in [0.25, 0.3) is 0 Å². The predicted molar refractivity (Wildman–Crippen MR) is 103 cm³/mol. The van der Waals surface area contributed by atoms with E-state index in [1.165, 1.54) is 12.0 Å². The molecule has 0 N–H and O–H groups in total. The number of nitrogens with zero attached hydrogens (tertiary/aromatic N) is 2. The Kier molecular flexibility index (Phi) is 7.32. The number of piperidine rings is 1. The van der Waals surface area contributed by atoms with Crippen LogP contribution < -0.4 is 4.74 Å². The Morgan fingerprint density at radius 2 is 2.08 bits per heavy atom. The number of hydrogen-bond donors (Lipinski definition) is 0. The van der Waals surface area contributed by atoms with Gasteiger partial charge in [0.15, 0.2) is 0 Å². The van der Waals surface area contributed by atoms with Gasteiger partial charge in [-0.3, -0.25) is 9.69 Å². The van der Waals surface area contributed by atoms with Crippen molar-refractivity contribution >= 4 is 5.91 Å². The van der Waals surface area contributed by atoms with Gasteiger partial charge in [0.1, 0.15) is 5.75 Å². The van der Waals surface area contributed by atoms with Crippen LogP contribution >= 0.6 is 0 Å². The number of aryl methyl sites for hydroxylation is 1. The molecule has 2 aliphatic heterocycles. The smallest absolute Gasteiger partial charge is 0.223 e. The van der Waals surface area contributed by atoms with Crippen LogP contribution in [0, 0.1) is 0 Å². The quantitative estimate of drug-likeness (QED) is 0.750. The minimum absolute atomic E-state index is 0.305. The Bertz CT molecular complexity index is 572. The molecule has 144 valence electrons. The average molecular weight is 360 g/mol. The highest BCUT2D eigenvalue weighted by molar-refractivity contribution is 5.77. The van der Waals surface area contributed by atoms with Gasteiger partial charge in [-0.1, -0.05) is 12.1 Å². The van der Waals surface area contributed by atoms with E-state index in [9.17, 15) is 4.79 Å². The number of carbonyl (C=O) groups excluding carboxylic acids is 1. The minimum Gasteiger partial charge on any atom is -0.497 e. The first-order chi connectivity index (χ1) is 12.8. The number of hydrogen-bond acceptors (Lipinski definition) is 4. The summed E-state index contributed by atoms with van der Waals surface area (Å²) in [6, 6.07) is 8.44. The first-order valence-electron chi connectivity index (χ1n) is 9.99. The van der Waals surface area contributed by atoms with Crippen molar-refractivity contribution in [2.24, 2.45) is 0 Å². The molecule has 0 saturated carbocycles. The summed E-state index contributed by atoms with van der Waals surface area (Å²) in [7, 11) is 1.68. The fourth-order valence-corrected chi connectivity index (χ4v) is 4.01. The second-order valence-electron chi connectivity index (χ2n) is 7.33. The van der Waals surface area contributed by atoms with E-state index in [0.717, 1.165) is 70.8 Å². The number of carbonyl (C=O) groups is 1. The van der Waals surface area contributed by atoms with Crippen molar-refractivity contribution in [1.82, 2.24) is 9.80 Å². The van der Waals surface area contributed by atoms with E-state index >= 15 is 0 Å². The summed E-state index contributed by atoms with van der Waals surface area (Å²) in [4.78, 5) is 17.5. The van der Waals surface area contributed by atoms with Gasteiger partial charge in [0.05, 0.1) is 20.3 Å². The summed E-state index contributed by atoms with van der Waals surface area (Å²) in [6.07, 6.45) is 5.98. The Labute approximate surface area is 157 Å². The van der Waals surface area contributed by atoms with Crippen LogP contribution in [-0.2, 0) is 16.0 Å². The summed E-state index contributed by atoms with van der Waals surface area (Å²) in [5, 5.41) is 0. The predicted octanol–water partition coefficient (Wildman–Crippen LogP) is 2.73. The van der Waals surface area contributed by atoms with E-state index in [1.54, 1.807) is 7.11 Å². The molecule has 1 atom stereocenters. The van der Waals surface area contributed by atoms with Crippen molar-refractivity contribution in [3.05, 3.63) is 29.8 Å². The van der Waals surface area contributed by atoms with Gasteiger partial charge in [-0.15, -0.1) is 0 Å². The second kappa shape index (κ2) is 9.93. The van der Waals surface area contributed by atoms with Crippen molar-refractivity contribution < 1.29 is 14.3 Å². The largest absolute Gasteiger partial charge is 0.497 e. The highest BCUT2D eigenvalue weighted by Crippen LogP contribution is 2.22. The highest BCUT2D eigenvalue weighted by atomic mass is 16.5. The molecule has 5 nitrogen and oxygen atoms in total. The third-order valence-electron chi connectivity index (χ3n) is 5.59. The van der Waals surface area contributed by atoms with Crippen LogP contribution in [0.3, 0.4) is 0 Å². The summed E-state index contributed by atoms with van der Waals surface area (Å²) >= 11 is 0. The van der Waals surface area contributed by atoms with Crippen LogP contribution in [0.5, 0.6) is 5.75 Å². The molecule has 0 spiro atoms. The van der Waals surface area contributed by atoms with Crippen LogP contribution in [0.15, 0.2) is 24.3 Å². The summed E-state index contributed by atoms with van der Waals surface area (Å²) in [5.41, 5.74) is 1.17. The van der Waals surface area contributed by atoms with Gasteiger partial charge < -0.3 is 14.4 Å². The van der Waals surface area contributed by atoms with E-state index in [1.807, 2.05) is 18.2 Å². The van der Waals surface area contributed by atoms with Crippen LogP contribution in [-0.4, -0.2) is 68.3 Å². The normalized spacial score (nSPS) is 21.6. The maximum absolute atomic E-state index is 12.8. The standard InChI is InChI=1S/C21H32N2O3/c1-25-20-7-4-5-18(17-20)8-9-21(24)23-11-3-2-6-19(23)10-12-22-13-15-26-16-14-22/h4-5,7,17,19H,2-3,6,8-16H2,1H3. The molecule has 0 aliphatic carbocycles. The van der Waals surface area contributed by atoms with Gasteiger partial charge in [-0.25, -0.2) is 0 Å². The van der Waals surface area contributed by atoms with E-state index in [2.05, 4.69) is 15.9 Å². The summed E-state index contributed by atoms with van der Waals surface area (Å²) < 4.78 is 10.7. The number of morpholine rings is 1. The lowest BCUT2D eigenvalue weighted by molar-refractivity contribution is -0.135. The lowest BCUT2D eigenvalue weighted by atomic mass is 9.98. The molecular weight excluding hydrogens is 328 g/mol. The molecular formula is C21H32N2O3. The third-order valence-corrected chi connectivity index (χ3v) is 5.59. The van der Waals surface area contributed by atoms with Crippen molar-refractivity contribution in [3.8, 4) is 5.75 Å². The number of amides is 1. The number of rotatable bonds is 7. The molecule has 26 heavy (non-hydrogen) atoms. The first-order valence-corrected chi connectivity index (χ1v) is 9.99. The molecule has 2 saturated heterocycles. The Hall–Kier alpha value is -1.59. The van der Waals surface area contributed by atoms with E-state index in [-0.39, 0.29) is 0 Å². The van der Waals surface area contributed by atoms with Gasteiger partial charge in [0.2, 0.25) is 5.91 Å². The zero-order chi connectivity index (χ0) is 18.2. The molecule has 0 aromatic heterocycles. The maximum atomic E-state index is 12.8. The summed E-state index contributed by atoms with van der Waals surface area (Å²) in [6.45, 7) is 5.73. The molecule has 1 unspecified atom stereocenters. The maximum Gasteiger partial charge on any atom is 0.223 e. The van der Waals surface area contributed by atoms with Crippen LogP contribution in [0.25, 0.3) is 0 Å². The van der Waals surface area contributed by atoms with Crippen LogP contribution in [0.2, 0.25) is 0 Å². The van der Waals surface area contributed by atoms with Gasteiger partial charge in [0, 0.05) is 38.6 Å². The molecule has 0 bridgehead atoms. The molecule has 2 fully saturated rings. The Morgan fingerprint density at radius 1 is 1.23 bits per heavy atom. The Balaban J connectivity index is 1.50. The number of methoxy groups -OCH3 is 1. The number of benzene rings is 1. The Morgan fingerprint density at radius 3 is 2.88 bits per heavy atom. The molecule has 1 amide bonds. The second-order valence-corrected chi connectivity index (χ2v) is 7.33. The monoisotopic (exact) mass is 360 g/mol. The van der Waals surface area contributed by atoms with Crippen LogP contribution in [0.1, 0.15) is 37.7 Å². The molecule has 2 aliphatic rings. The molecule has 5 heteroatoms. The zero-order valence-electron chi connectivity index (χ0n) is 16.0. The fraction of sp³-hybridized carbons (Fsp3) is 0.667. The molecule has 0 radical (unpaired) electrons. The van der Waals surface area contributed by atoms with Crippen LogP contribution in [0.4, 0.5) is 0 Å². The lowest BCUT2D eigenvalue weighted by Gasteiger charge is -2.37. The molecule has 2 heterocycles. The number of likely N-dealkylation sites (tertiary alicyclic amines) is 1.